The Morgan fingerprint density at radius 3 is 3.17 bits per heavy atom. The van der Waals surface area contributed by atoms with Crippen LogP contribution in [0.4, 0.5) is 0 Å². The Hall–Kier alpha value is -1.88. The summed E-state index contributed by atoms with van der Waals surface area (Å²) in [5, 5.41) is 3.40. The van der Waals surface area contributed by atoms with Crippen LogP contribution < -0.4 is 5.32 Å². The second-order valence-corrected chi connectivity index (χ2v) is 4.42. The van der Waals surface area contributed by atoms with Crippen LogP contribution in [0.5, 0.6) is 0 Å². The fraction of sp³-hybridized carbons (Fsp3) is 0.385. The molecule has 0 spiro atoms. The number of carbonyl (C=O) groups excluding carboxylic acids is 1. The van der Waals surface area contributed by atoms with Gasteiger partial charge in [-0.2, -0.15) is 0 Å². The summed E-state index contributed by atoms with van der Waals surface area (Å²) in [6.45, 7) is 1.000. The van der Waals surface area contributed by atoms with Crippen LogP contribution in [0.25, 0.3) is 5.52 Å². The molecule has 5 nitrogen and oxygen atoms in total. The molecule has 2 aromatic rings. The molecule has 1 unspecified atom stereocenters. The molecule has 0 aliphatic carbocycles. The second-order valence-electron chi connectivity index (χ2n) is 4.42. The maximum Gasteiger partial charge on any atom is 0.358 e. The molecule has 0 aromatic carbocycles. The lowest BCUT2D eigenvalue weighted by Gasteiger charge is -2.08. The summed E-state index contributed by atoms with van der Waals surface area (Å²) in [5.41, 5.74) is 1.19. The van der Waals surface area contributed by atoms with Gasteiger partial charge in [-0.1, -0.05) is 6.07 Å². The molecule has 3 rings (SSSR count). The van der Waals surface area contributed by atoms with Crippen molar-refractivity contribution in [3.63, 3.8) is 0 Å². The molecule has 3 heterocycles. The SMILES string of the molecule is COC(=O)c1nc(C2CCCN2)n2ccccc12. The third kappa shape index (κ3) is 1.67. The zero-order chi connectivity index (χ0) is 12.5. The van der Waals surface area contributed by atoms with E-state index in [0.717, 1.165) is 30.7 Å². The Morgan fingerprint density at radius 1 is 1.56 bits per heavy atom. The van der Waals surface area contributed by atoms with Crippen LogP contribution in [0.1, 0.15) is 35.2 Å². The minimum atomic E-state index is -0.386. The normalized spacial score (nSPS) is 19.3. The number of fused-ring (bicyclic) bond motifs is 1. The van der Waals surface area contributed by atoms with E-state index in [1.807, 2.05) is 28.8 Å². The molecule has 0 bridgehead atoms. The van der Waals surface area contributed by atoms with E-state index in [1.54, 1.807) is 0 Å². The number of esters is 1. The van der Waals surface area contributed by atoms with Crippen LogP contribution in [-0.2, 0) is 4.74 Å². The topological polar surface area (TPSA) is 55.6 Å². The number of nitrogens with one attached hydrogen (secondary N) is 1. The molecule has 1 fully saturated rings. The van der Waals surface area contributed by atoms with Crippen molar-refractivity contribution < 1.29 is 9.53 Å². The first-order valence-corrected chi connectivity index (χ1v) is 6.10. The van der Waals surface area contributed by atoms with Gasteiger partial charge in [0.05, 0.1) is 18.7 Å². The lowest BCUT2D eigenvalue weighted by atomic mass is 10.2. The van der Waals surface area contributed by atoms with Crippen LogP contribution in [0.2, 0.25) is 0 Å². The maximum atomic E-state index is 11.7. The number of pyridine rings is 1. The summed E-state index contributed by atoms with van der Waals surface area (Å²) in [4.78, 5) is 16.2. The van der Waals surface area contributed by atoms with Crippen LogP contribution in [0.15, 0.2) is 24.4 Å². The molecular weight excluding hydrogens is 230 g/mol. The van der Waals surface area contributed by atoms with Crippen molar-refractivity contribution in [2.45, 2.75) is 18.9 Å². The molecular formula is C13H15N3O2. The Morgan fingerprint density at radius 2 is 2.44 bits per heavy atom. The molecule has 18 heavy (non-hydrogen) atoms. The van der Waals surface area contributed by atoms with Crippen molar-refractivity contribution in [1.29, 1.82) is 0 Å². The average molecular weight is 245 g/mol. The van der Waals surface area contributed by atoms with Crippen LogP contribution in [-0.4, -0.2) is 29.0 Å². The molecule has 0 radical (unpaired) electrons. The van der Waals surface area contributed by atoms with Crippen LogP contribution in [0, 0.1) is 0 Å². The summed E-state index contributed by atoms with van der Waals surface area (Å²) in [6.07, 6.45) is 4.12. The highest BCUT2D eigenvalue weighted by Crippen LogP contribution is 2.25. The molecule has 1 aliphatic heterocycles. The first-order chi connectivity index (χ1) is 8.81. The Bertz CT molecular complexity index is 585. The predicted molar refractivity (Wildman–Crippen MR) is 66.5 cm³/mol. The van der Waals surface area contributed by atoms with Gasteiger partial charge in [0, 0.05) is 6.20 Å². The van der Waals surface area contributed by atoms with Crippen molar-refractivity contribution in [2.75, 3.05) is 13.7 Å². The van der Waals surface area contributed by atoms with Gasteiger partial charge in [0.2, 0.25) is 0 Å². The Balaban J connectivity index is 2.16. The van der Waals surface area contributed by atoms with E-state index in [2.05, 4.69) is 10.3 Å². The van der Waals surface area contributed by atoms with Gasteiger partial charge in [-0.25, -0.2) is 9.78 Å². The zero-order valence-corrected chi connectivity index (χ0v) is 10.2. The lowest BCUT2D eigenvalue weighted by Crippen LogP contribution is -2.15. The maximum absolute atomic E-state index is 11.7. The number of nitrogens with zero attached hydrogens (tertiary/aromatic N) is 2. The molecule has 0 saturated carbocycles. The van der Waals surface area contributed by atoms with Gasteiger partial charge in [0.15, 0.2) is 5.69 Å². The van der Waals surface area contributed by atoms with Crippen molar-refractivity contribution in [3.05, 3.63) is 35.9 Å². The highest BCUT2D eigenvalue weighted by Gasteiger charge is 2.25. The number of aromatic nitrogens is 2. The largest absolute Gasteiger partial charge is 0.464 e. The quantitative estimate of drug-likeness (QED) is 0.815. The molecule has 1 atom stereocenters. The van der Waals surface area contributed by atoms with Crippen LogP contribution in [0.3, 0.4) is 0 Å². The van der Waals surface area contributed by atoms with E-state index in [-0.39, 0.29) is 12.0 Å². The average Bonchev–Trinajstić information content (AvgIpc) is 3.04. The summed E-state index contributed by atoms with van der Waals surface area (Å²) >= 11 is 0. The number of hydrogen-bond donors (Lipinski definition) is 1. The smallest absolute Gasteiger partial charge is 0.358 e. The van der Waals surface area contributed by atoms with E-state index >= 15 is 0 Å². The Labute approximate surface area is 105 Å². The third-order valence-corrected chi connectivity index (χ3v) is 3.33. The van der Waals surface area contributed by atoms with Crippen molar-refractivity contribution >= 4 is 11.5 Å². The van der Waals surface area contributed by atoms with Crippen molar-refractivity contribution in [1.82, 2.24) is 14.7 Å². The molecule has 1 saturated heterocycles. The van der Waals surface area contributed by atoms with Gasteiger partial charge >= 0.3 is 5.97 Å². The van der Waals surface area contributed by atoms with E-state index in [0.29, 0.717) is 5.69 Å². The summed E-state index contributed by atoms with van der Waals surface area (Å²) < 4.78 is 6.75. The van der Waals surface area contributed by atoms with Gasteiger partial charge in [-0.15, -0.1) is 0 Å². The highest BCUT2D eigenvalue weighted by molar-refractivity contribution is 5.95. The minimum Gasteiger partial charge on any atom is -0.464 e. The van der Waals surface area contributed by atoms with E-state index in [9.17, 15) is 4.79 Å². The van der Waals surface area contributed by atoms with Gasteiger partial charge in [0.1, 0.15) is 5.82 Å². The zero-order valence-electron chi connectivity index (χ0n) is 10.2. The lowest BCUT2D eigenvalue weighted by molar-refractivity contribution is 0.0596. The number of ether oxygens (including phenoxy) is 1. The predicted octanol–water partition coefficient (Wildman–Crippen LogP) is 1.55. The summed E-state index contributed by atoms with van der Waals surface area (Å²) in [6, 6.07) is 5.94. The number of carbonyl (C=O) groups is 1. The molecule has 94 valence electrons. The van der Waals surface area contributed by atoms with E-state index < -0.39 is 0 Å². The highest BCUT2D eigenvalue weighted by atomic mass is 16.5. The van der Waals surface area contributed by atoms with Gasteiger partial charge in [0.25, 0.3) is 0 Å². The molecule has 1 aliphatic rings. The van der Waals surface area contributed by atoms with Gasteiger partial charge in [-0.05, 0) is 31.5 Å². The Kier molecular flexibility index (Phi) is 2.76. The first kappa shape index (κ1) is 11.2. The number of imidazole rings is 1. The van der Waals surface area contributed by atoms with E-state index in [1.165, 1.54) is 7.11 Å². The van der Waals surface area contributed by atoms with Crippen molar-refractivity contribution in [3.8, 4) is 0 Å². The molecule has 1 N–H and O–H groups in total. The molecule has 2 aromatic heterocycles. The number of rotatable bonds is 2. The summed E-state index contributed by atoms with van der Waals surface area (Å²) in [5.74, 6) is 0.506. The summed E-state index contributed by atoms with van der Waals surface area (Å²) in [7, 11) is 1.38. The van der Waals surface area contributed by atoms with Crippen molar-refractivity contribution in [2.24, 2.45) is 0 Å². The molecule has 0 amide bonds. The van der Waals surface area contributed by atoms with E-state index in [4.69, 9.17) is 4.74 Å². The number of hydrogen-bond acceptors (Lipinski definition) is 4. The monoisotopic (exact) mass is 245 g/mol. The third-order valence-electron chi connectivity index (χ3n) is 3.33. The van der Waals surface area contributed by atoms with Gasteiger partial charge in [-0.3, -0.25) is 0 Å². The van der Waals surface area contributed by atoms with Gasteiger partial charge < -0.3 is 14.5 Å². The molecule has 5 heteroatoms. The standard InChI is InChI=1S/C13H15N3O2/c1-18-13(17)11-10-6-2-3-8-16(10)12(15-11)9-5-4-7-14-9/h2-3,6,8-9,14H,4-5,7H2,1H3. The van der Waals surface area contributed by atoms with Crippen LogP contribution >= 0.6 is 0 Å². The minimum absolute atomic E-state index is 0.221. The first-order valence-electron chi connectivity index (χ1n) is 6.10. The fourth-order valence-electron chi connectivity index (χ4n) is 2.46. The fourth-order valence-corrected chi connectivity index (χ4v) is 2.46. The number of methoxy groups -OCH3 is 1. The second kappa shape index (κ2) is 4.42.